The molecule has 21 heavy (non-hydrogen) atoms. The van der Waals surface area contributed by atoms with Crippen LogP contribution < -0.4 is 11.1 Å². The van der Waals surface area contributed by atoms with Gasteiger partial charge in [-0.15, -0.1) is 0 Å². The van der Waals surface area contributed by atoms with E-state index in [-0.39, 0.29) is 5.91 Å². The molecule has 1 aliphatic heterocycles. The van der Waals surface area contributed by atoms with E-state index in [9.17, 15) is 4.79 Å². The molecule has 5 heteroatoms. The van der Waals surface area contributed by atoms with Crippen LogP contribution in [0.5, 0.6) is 0 Å². The highest BCUT2D eigenvalue weighted by Crippen LogP contribution is 2.34. The van der Waals surface area contributed by atoms with Crippen molar-refractivity contribution in [2.45, 2.75) is 63.1 Å². The monoisotopic (exact) mass is 296 g/mol. The van der Waals surface area contributed by atoms with Crippen LogP contribution in [-0.4, -0.2) is 67.1 Å². The van der Waals surface area contributed by atoms with Crippen LogP contribution in [0.15, 0.2) is 0 Å². The molecule has 1 saturated carbocycles. The first kappa shape index (κ1) is 16.7. The van der Waals surface area contributed by atoms with Crippen molar-refractivity contribution in [3.63, 3.8) is 0 Å². The molecule has 0 bridgehead atoms. The first-order chi connectivity index (χ1) is 9.98. The van der Waals surface area contributed by atoms with Gasteiger partial charge < -0.3 is 16.0 Å². The van der Waals surface area contributed by atoms with Crippen LogP contribution in [0.4, 0.5) is 0 Å². The molecule has 122 valence electrons. The maximum atomic E-state index is 12.0. The number of primary amides is 1. The van der Waals surface area contributed by atoms with Gasteiger partial charge in [-0.1, -0.05) is 6.92 Å². The van der Waals surface area contributed by atoms with E-state index in [4.69, 9.17) is 5.73 Å². The average molecular weight is 296 g/mol. The minimum absolute atomic E-state index is 0.169. The predicted octanol–water partition coefficient (Wildman–Crippen LogP) is 0.789. The fourth-order valence-corrected chi connectivity index (χ4v) is 4.30. The molecule has 0 aromatic carbocycles. The predicted molar refractivity (Wildman–Crippen MR) is 86.1 cm³/mol. The zero-order valence-corrected chi connectivity index (χ0v) is 13.9. The fraction of sp³-hybridized carbons (Fsp3) is 0.938. The summed E-state index contributed by atoms with van der Waals surface area (Å²) in [6.07, 6.45) is 6.61. The molecular weight excluding hydrogens is 264 g/mol. The van der Waals surface area contributed by atoms with Crippen LogP contribution in [-0.2, 0) is 4.79 Å². The van der Waals surface area contributed by atoms with Gasteiger partial charge in [-0.25, -0.2) is 0 Å². The molecule has 5 nitrogen and oxygen atoms in total. The van der Waals surface area contributed by atoms with Gasteiger partial charge >= 0.3 is 0 Å². The minimum Gasteiger partial charge on any atom is -0.368 e. The van der Waals surface area contributed by atoms with E-state index in [0.717, 1.165) is 32.4 Å². The summed E-state index contributed by atoms with van der Waals surface area (Å²) >= 11 is 0. The number of amides is 1. The third-order valence-electron chi connectivity index (χ3n) is 5.18. The summed E-state index contributed by atoms with van der Waals surface area (Å²) in [7, 11) is 4.29. The number of carbonyl (C=O) groups is 1. The third-order valence-corrected chi connectivity index (χ3v) is 5.18. The Morgan fingerprint density at radius 3 is 2.76 bits per heavy atom. The summed E-state index contributed by atoms with van der Waals surface area (Å²) in [5.74, 6) is -0.169. The smallest absolute Gasteiger partial charge is 0.237 e. The average Bonchev–Trinajstić information content (AvgIpc) is 2.86. The standard InChI is InChI=1S/C16H32N4O/c1-4-18-16(15(17)21)9-5-7-13(11-16)20-10-6-8-14(20)12-19(2)3/h13-14,18H,4-12H2,1-3H3,(H2,17,21). The highest BCUT2D eigenvalue weighted by atomic mass is 16.1. The lowest BCUT2D eigenvalue weighted by molar-refractivity contribution is -0.126. The summed E-state index contributed by atoms with van der Waals surface area (Å²) in [4.78, 5) is 16.9. The second-order valence-electron chi connectivity index (χ2n) is 7.02. The van der Waals surface area contributed by atoms with E-state index in [1.54, 1.807) is 0 Å². The summed E-state index contributed by atoms with van der Waals surface area (Å²) in [5.41, 5.74) is 5.25. The molecule has 2 fully saturated rings. The van der Waals surface area contributed by atoms with Gasteiger partial charge in [0.1, 0.15) is 0 Å². The Kier molecular flexibility index (Phi) is 5.63. The summed E-state index contributed by atoms with van der Waals surface area (Å²) in [6.45, 7) is 5.14. The molecule has 0 aromatic heterocycles. The Balaban J connectivity index is 2.07. The molecule has 1 heterocycles. The van der Waals surface area contributed by atoms with Gasteiger partial charge in [-0.05, 0) is 65.7 Å². The number of likely N-dealkylation sites (N-methyl/N-ethyl adjacent to an activating group) is 2. The zero-order valence-electron chi connectivity index (χ0n) is 13.9. The molecule has 0 spiro atoms. The van der Waals surface area contributed by atoms with Crippen molar-refractivity contribution in [1.82, 2.24) is 15.1 Å². The van der Waals surface area contributed by atoms with Crippen molar-refractivity contribution < 1.29 is 4.79 Å². The van der Waals surface area contributed by atoms with Crippen molar-refractivity contribution in [2.75, 3.05) is 33.7 Å². The van der Waals surface area contributed by atoms with Crippen molar-refractivity contribution in [2.24, 2.45) is 5.73 Å². The van der Waals surface area contributed by atoms with Crippen LogP contribution in [0.1, 0.15) is 45.4 Å². The van der Waals surface area contributed by atoms with E-state index in [2.05, 4.69) is 36.1 Å². The molecule has 2 rings (SSSR count). The van der Waals surface area contributed by atoms with Crippen LogP contribution >= 0.6 is 0 Å². The minimum atomic E-state index is -0.483. The molecule has 3 unspecified atom stereocenters. The van der Waals surface area contributed by atoms with Gasteiger partial charge in [-0.2, -0.15) is 0 Å². The van der Waals surface area contributed by atoms with E-state index < -0.39 is 5.54 Å². The first-order valence-electron chi connectivity index (χ1n) is 8.44. The summed E-state index contributed by atoms with van der Waals surface area (Å²) in [6, 6.07) is 1.13. The van der Waals surface area contributed by atoms with Crippen molar-refractivity contribution in [3.05, 3.63) is 0 Å². The van der Waals surface area contributed by atoms with Crippen molar-refractivity contribution in [1.29, 1.82) is 0 Å². The molecule has 0 radical (unpaired) electrons. The van der Waals surface area contributed by atoms with E-state index in [0.29, 0.717) is 12.1 Å². The lowest BCUT2D eigenvalue weighted by Crippen LogP contribution is -2.61. The van der Waals surface area contributed by atoms with Crippen LogP contribution in [0.3, 0.4) is 0 Å². The molecule has 0 aromatic rings. The largest absolute Gasteiger partial charge is 0.368 e. The fourth-order valence-electron chi connectivity index (χ4n) is 4.30. The Morgan fingerprint density at radius 2 is 2.14 bits per heavy atom. The molecule has 3 atom stereocenters. The SMILES string of the molecule is CCNC1(C(N)=O)CCCC(N2CCCC2CN(C)C)C1. The normalized spacial score (nSPS) is 34.5. The van der Waals surface area contributed by atoms with Gasteiger partial charge in [0.2, 0.25) is 5.91 Å². The third kappa shape index (κ3) is 3.76. The zero-order chi connectivity index (χ0) is 15.5. The second-order valence-corrected chi connectivity index (χ2v) is 7.02. The lowest BCUT2D eigenvalue weighted by atomic mass is 9.77. The Bertz CT molecular complexity index is 356. The number of hydrogen-bond donors (Lipinski definition) is 2. The number of nitrogens with one attached hydrogen (secondary N) is 1. The number of carbonyl (C=O) groups excluding carboxylic acids is 1. The van der Waals surface area contributed by atoms with E-state index in [1.807, 2.05) is 0 Å². The highest BCUT2D eigenvalue weighted by molar-refractivity contribution is 5.84. The van der Waals surface area contributed by atoms with Gasteiger partial charge in [0.15, 0.2) is 0 Å². The number of likely N-dealkylation sites (tertiary alicyclic amines) is 1. The molecular formula is C16H32N4O. The quantitative estimate of drug-likeness (QED) is 0.761. The molecule has 1 aliphatic carbocycles. The van der Waals surface area contributed by atoms with Crippen LogP contribution in [0, 0.1) is 0 Å². The number of nitrogens with two attached hydrogens (primary N) is 1. The van der Waals surface area contributed by atoms with Crippen molar-refractivity contribution in [3.8, 4) is 0 Å². The van der Waals surface area contributed by atoms with Gasteiger partial charge in [0.05, 0.1) is 5.54 Å². The topological polar surface area (TPSA) is 61.6 Å². The second kappa shape index (κ2) is 7.07. The number of rotatable bonds is 6. The lowest BCUT2D eigenvalue weighted by Gasteiger charge is -2.44. The van der Waals surface area contributed by atoms with Gasteiger partial charge in [0, 0.05) is 18.6 Å². The van der Waals surface area contributed by atoms with Crippen molar-refractivity contribution >= 4 is 5.91 Å². The Morgan fingerprint density at radius 1 is 1.38 bits per heavy atom. The molecule has 1 amide bonds. The summed E-state index contributed by atoms with van der Waals surface area (Å²) < 4.78 is 0. The number of nitrogens with zero attached hydrogens (tertiary/aromatic N) is 2. The summed E-state index contributed by atoms with van der Waals surface area (Å²) in [5, 5.41) is 3.39. The maximum Gasteiger partial charge on any atom is 0.237 e. The molecule has 3 N–H and O–H groups in total. The number of hydrogen-bond acceptors (Lipinski definition) is 4. The highest BCUT2D eigenvalue weighted by Gasteiger charge is 2.44. The Labute approximate surface area is 129 Å². The van der Waals surface area contributed by atoms with E-state index in [1.165, 1.54) is 25.8 Å². The maximum absolute atomic E-state index is 12.0. The van der Waals surface area contributed by atoms with Gasteiger partial charge in [-0.3, -0.25) is 9.69 Å². The van der Waals surface area contributed by atoms with Crippen LogP contribution in [0.25, 0.3) is 0 Å². The Hall–Kier alpha value is -0.650. The van der Waals surface area contributed by atoms with Gasteiger partial charge in [0.25, 0.3) is 0 Å². The molecule has 2 aliphatic rings. The van der Waals surface area contributed by atoms with E-state index >= 15 is 0 Å². The molecule has 1 saturated heterocycles. The first-order valence-corrected chi connectivity index (χ1v) is 8.44. The van der Waals surface area contributed by atoms with Crippen LogP contribution in [0.2, 0.25) is 0 Å².